The lowest BCUT2D eigenvalue weighted by molar-refractivity contribution is -0.146. The Morgan fingerprint density at radius 3 is 2.75 bits per heavy atom. The third kappa shape index (κ3) is 5.05. The number of ether oxygens (including phenoxy) is 2. The lowest BCUT2D eigenvalue weighted by atomic mass is 9.77. The van der Waals surface area contributed by atoms with Crippen molar-refractivity contribution < 1.29 is 14.3 Å². The van der Waals surface area contributed by atoms with Gasteiger partial charge in [-0.05, 0) is 57.1 Å². The SMILES string of the molecule is COCC1=C(CC(=O)OC(C)C)C(C2=C=CC=C(Cl)C=C2C)C(C#N)=C(C)N1. The van der Waals surface area contributed by atoms with Crippen molar-refractivity contribution in [3.05, 3.63) is 62.7 Å². The molecule has 1 N–H and O–H groups in total. The number of nitrogens with one attached hydrogen (secondary N) is 1. The minimum absolute atomic E-state index is 0.0482. The third-order valence-corrected chi connectivity index (χ3v) is 4.66. The van der Waals surface area contributed by atoms with Crippen LogP contribution in [0.1, 0.15) is 34.1 Å². The summed E-state index contributed by atoms with van der Waals surface area (Å²) < 4.78 is 10.7. The van der Waals surface area contributed by atoms with Crippen LogP contribution in [-0.2, 0) is 14.3 Å². The minimum Gasteiger partial charge on any atom is -0.463 e. The van der Waals surface area contributed by atoms with E-state index in [0.29, 0.717) is 10.6 Å². The monoisotopic (exact) mass is 400 g/mol. The molecule has 0 aromatic carbocycles. The zero-order chi connectivity index (χ0) is 20.8. The lowest BCUT2D eigenvalue weighted by Gasteiger charge is -2.31. The Bertz CT molecular complexity index is 891. The molecule has 5 nitrogen and oxygen atoms in total. The van der Waals surface area contributed by atoms with E-state index in [-0.39, 0.29) is 25.1 Å². The van der Waals surface area contributed by atoms with E-state index in [9.17, 15) is 10.1 Å². The van der Waals surface area contributed by atoms with Gasteiger partial charge < -0.3 is 14.8 Å². The van der Waals surface area contributed by atoms with Crippen molar-refractivity contribution in [2.24, 2.45) is 5.92 Å². The molecule has 0 aromatic rings. The summed E-state index contributed by atoms with van der Waals surface area (Å²) >= 11 is 6.18. The summed E-state index contributed by atoms with van der Waals surface area (Å²) in [4.78, 5) is 12.5. The predicted octanol–water partition coefficient (Wildman–Crippen LogP) is 4.41. The first-order valence-electron chi connectivity index (χ1n) is 9.07. The molecule has 148 valence electrons. The van der Waals surface area contributed by atoms with Crippen molar-refractivity contribution in [1.29, 1.82) is 5.26 Å². The van der Waals surface area contributed by atoms with Gasteiger partial charge in [-0.15, -0.1) is 5.73 Å². The molecule has 1 aliphatic carbocycles. The summed E-state index contributed by atoms with van der Waals surface area (Å²) in [5.41, 5.74) is 7.69. The summed E-state index contributed by atoms with van der Waals surface area (Å²) in [5, 5.41) is 13.7. The summed E-state index contributed by atoms with van der Waals surface area (Å²) in [6.07, 6.45) is 5.14. The van der Waals surface area contributed by atoms with Crippen molar-refractivity contribution in [3.8, 4) is 6.07 Å². The molecule has 0 bridgehead atoms. The molecule has 2 aliphatic rings. The summed E-state index contributed by atoms with van der Waals surface area (Å²) in [6, 6.07) is 2.30. The maximum atomic E-state index is 12.5. The van der Waals surface area contributed by atoms with Gasteiger partial charge in [0.05, 0.1) is 36.7 Å². The first kappa shape index (κ1) is 21.8. The number of esters is 1. The molecule has 1 atom stereocenters. The minimum atomic E-state index is -0.431. The fourth-order valence-electron chi connectivity index (χ4n) is 3.32. The molecule has 28 heavy (non-hydrogen) atoms. The first-order chi connectivity index (χ1) is 13.3. The second kappa shape index (κ2) is 9.61. The van der Waals surface area contributed by atoms with Crippen LogP contribution in [0.25, 0.3) is 0 Å². The van der Waals surface area contributed by atoms with Crippen LogP contribution < -0.4 is 5.32 Å². The van der Waals surface area contributed by atoms with Crippen LogP contribution in [0.2, 0.25) is 0 Å². The fraction of sp³-hybridized carbons (Fsp3) is 0.409. The Balaban J connectivity index is 2.61. The van der Waals surface area contributed by atoms with Crippen LogP contribution in [0.5, 0.6) is 0 Å². The predicted molar refractivity (Wildman–Crippen MR) is 109 cm³/mol. The van der Waals surface area contributed by atoms with Gasteiger partial charge in [-0.3, -0.25) is 4.79 Å². The van der Waals surface area contributed by atoms with Crippen molar-refractivity contribution in [3.63, 3.8) is 0 Å². The normalized spacial score (nSPS) is 19.5. The van der Waals surface area contributed by atoms with Crippen LogP contribution in [0.15, 0.2) is 62.7 Å². The first-order valence-corrected chi connectivity index (χ1v) is 9.45. The number of carbonyl (C=O) groups excluding carboxylic acids is 1. The smallest absolute Gasteiger partial charge is 0.310 e. The van der Waals surface area contributed by atoms with E-state index >= 15 is 0 Å². The van der Waals surface area contributed by atoms with E-state index in [1.54, 1.807) is 33.1 Å². The van der Waals surface area contributed by atoms with E-state index < -0.39 is 5.92 Å². The number of nitriles is 1. The third-order valence-electron chi connectivity index (χ3n) is 4.43. The average Bonchev–Trinajstić information content (AvgIpc) is 2.76. The number of carbonyl (C=O) groups is 1. The largest absolute Gasteiger partial charge is 0.463 e. The van der Waals surface area contributed by atoms with Crippen molar-refractivity contribution >= 4 is 17.6 Å². The van der Waals surface area contributed by atoms with Gasteiger partial charge in [0.1, 0.15) is 0 Å². The number of halogens is 1. The van der Waals surface area contributed by atoms with Gasteiger partial charge >= 0.3 is 5.97 Å². The number of nitrogens with zero attached hydrogens (tertiary/aromatic N) is 1. The topological polar surface area (TPSA) is 71.3 Å². The van der Waals surface area contributed by atoms with Gasteiger partial charge in [0.2, 0.25) is 0 Å². The highest BCUT2D eigenvalue weighted by Crippen LogP contribution is 2.40. The van der Waals surface area contributed by atoms with Crippen molar-refractivity contribution in [2.45, 2.75) is 40.2 Å². The molecule has 0 aromatic heterocycles. The molecule has 6 heteroatoms. The van der Waals surface area contributed by atoms with Crippen LogP contribution in [-0.4, -0.2) is 25.8 Å². The molecule has 0 saturated heterocycles. The quantitative estimate of drug-likeness (QED) is 0.528. The van der Waals surface area contributed by atoms with Crippen LogP contribution in [0.3, 0.4) is 0 Å². The molecule has 0 fully saturated rings. The standard InChI is InChI=1S/C22H25ClN2O3/c1-13(2)28-21(26)10-18-20(12-27-5)25-15(4)19(11-24)22(18)17-8-6-7-16(23)9-14(17)3/h6-7,9,13,22,25H,10,12H2,1-5H3. The van der Waals surface area contributed by atoms with Crippen LogP contribution >= 0.6 is 11.6 Å². The van der Waals surface area contributed by atoms with E-state index in [2.05, 4.69) is 17.1 Å². The Kier molecular flexibility index (Phi) is 7.48. The Hall–Kier alpha value is -2.51. The molecular weight excluding hydrogens is 376 g/mol. The number of methoxy groups -OCH3 is 1. The fourth-order valence-corrected chi connectivity index (χ4v) is 3.54. The molecule has 1 aliphatic heterocycles. The number of hydrogen-bond acceptors (Lipinski definition) is 5. The van der Waals surface area contributed by atoms with Gasteiger partial charge in [0.15, 0.2) is 0 Å². The summed E-state index contributed by atoms with van der Waals surface area (Å²) in [6.45, 7) is 7.66. The van der Waals surface area contributed by atoms with Gasteiger partial charge in [-0.25, -0.2) is 0 Å². The Labute approximate surface area is 171 Å². The highest BCUT2D eigenvalue weighted by atomic mass is 35.5. The molecule has 0 radical (unpaired) electrons. The summed E-state index contributed by atoms with van der Waals surface area (Å²) in [5.74, 6) is -0.780. The highest BCUT2D eigenvalue weighted by Gasteiger charge is 2.34. The number of hydrogen-bond donors (Lipinski definition) is 1. The maximum Gasteiger partial charge on any atom is 0.310 e. The lowest BCUT2D eigenvalue weighted by Crippen LogP contribution is -2.31. The van der Waals surface area contributed by atoms with Crippen molar-refractivity contribution in [2.75, 3.05) is 13.7 Å². The molecule has 1 heterocycles. The van der Waals surface area contributed by atoms with Gasteiger partial charge in [-0.1, -0.05) is 11.6 Å². The van der Waals surface area contributed by atoms with Crippen LogP contribution in [0, 0.1) is 17.2 Å². The molecule has 1 unspecified atom stereocenters. The van der Waals surface area contributed by atoms with E-state index in [1.807, 2.05) is 19.9 Å². The Morgan fingerprint density at radius 1 is 1.43 bits per heavy atom. The van der Waals surface area contributed by atoms with E-state index in [4.69, 9.17) is 21.1 Å². The van der Waals surface area contributed by atoms with E-state index in [0.717, 1.165) is 28.1 Å². The highest BCUT2D eigenvalue weighted by molar-refractivity contribution is 6.31. The maximum absolute atomic E-state index is 12.5. The molecule has 0 saturated carbocycles. The molecule has 0 amide bonds. The number of rotatable bonds is 6. The van der Waals surface area contributed by atoms with Gasteiger partial charge in [0, 0.05) is 29.1 Å². The number of allylic oxidation sites excluding steroid dienone is 7. The van der Waals surface area contributed by atoms with Gasteiger partial charge in [0.25, 0.3) is 0 Å². The van der Waals surface area contributed by atoms with Crippen molar-refractivity contribution in [1.82, 2.24) is 5.32 Å². The van der Waals surface area contributed by atoms with E-state index in [1.165, 1.54) is 0 Å². The molecule has 2 rings (SSSR count). The average molecular weight is 401 g/mol. The molecular formula is C22H25ClN2O3. The number of dihydropyridines is 1. The Morgan fingerprint density at radius 2 is 2.14 bits per heavy atom. The second-order valence-corrected chi connectivity index (χ2v) is 7.40. The second-order valence-electron chi connectivity index (χ2n) is 6.96. The summed E-state index contributed by atoms with van der Waals surface area (Å²) in [7, 11) is 1.59. The molecule has 0 spiro atoms. The zero-order valence-electron chi connectivity index (χ0n) is 16.9. The zero-order valence-corrected chi connectivity index (χ0v) is 17.6. The van der Waals surface area contributed by atoms with Gasteiger partial charge in [-0.2, -0.15) is 5.26 Å². The van der Waals surface area contributed by atoms with Crippen LogP contribution in [0.4, 0.5) is 0 Å².